The largest absolute Gasteiger partial charge is 0.382 e. The van der Waals surface area contributed by atoms with Crippen LogP contribution in [0.15, 0.2) is 28.2 Å². The van der Waals surface area contributed by atoms with Crippen LogP contribution in [-0.4, -0.2) is 18.4 Å². The first-order chi connectivity index (χ1) is 11.2. The molecule has 1 aromatic carbocycles. The predicted molar refractivity (Wildman–Crippen MR) is 96.3 cm³/mol. The highest BCUT2D eigenvalue weighted by Gasteiger charge is 2.25. The Balaban J connectivity index is 3.28. The van der Waals surface area contributed by atoms with Crippen LogP contribution in [0.4, 0.5) is 0 Å². The van der Waals surface area contributed by atoms with E-state index in [1.807, 2.05) is 45.9 Å². The van der Waals surface area contributed by atoms with Crippen LogP contribution >= 0.6 is 0 Å². The van der Waals surface area contributed by atoms with Crippen molar-refractivity contribution in [1.82, 2.24) is 0 Å². The quantitative estimate of drug-likeness (QED) is 0.618. The van der Waals surface area contributed by atoms with Gasteiger partial charge in [0.05, 0.1) is 35.7 Å². The lowest BCUT2D eigenvalue weighted by Gasteiger charge is -2.22. The van der Waals surface area contributed by atoms with E-state index in [9.17, 15) is 10.5 Å². The maximum atomic E-state index is 9.39. The second-order valence-corrected chi connectivity index (χ2v) is 6.55. The predicted octanol–water partition coefficient (Wildman–Crippen LogP) is 2.82. The molecule has 0 saturated heterocycles. The zero-order valence-corrected chi connectivity index (χ0v) is 14.5. The Morgan fingerprint density at radius 3 is 2.04 bits per heavy atom. The lowest BCUT2D eigenvalue weighted by atomic mass is 9.79. The zero-order chi connectivity index (χ0) is 18.4. The Morgan fingerprint density at radius 1 is 1.12 bits per heavy atom. The molecule has 0 amide bonds. The maximum absolute atomic E-state index is 9.39. The van der Waals surface area contributed by atoms with Gasteiger partial charge in [-0.3, -0.25) is 4.99 Å². The third-order valence-corrected chi connectivity index (χ3v) is 3.71. The molecule has 0 aliphatic heterocycles. The molecule has 1 aromatic rings. The molecule has 0 aliphatic rings. The number of rotatable bonds is 6. The van der Waals surface area contributed by atoms with Crippen molar-refractivity contribution >= 4 is 18.4 Å². The lowest BCUT2D eigenvalue weighted by Crippen LogP contribution is -2.19. The number of hydrogen-bond acceptors (Lipinski definition) is 4. The Hall–Kier alpha value is -2.99. The molecule has 0 saturated carbocycles. The van der Waals surface area contributed by atoms with Crippen LogP contribution in [0.25, 0.3) is 0 Å². The summed E-state index contributed by atoms with van der Waals surface area (Å²) in [5.41, 5.74) is 6.64. The van der Waals surface area contributed by atoms with Crippen LogP contribution in [0.1, 0.15) is 44.4 Å². The number of amidine groups is 1. The van der Waals surface area contributed by atoms with Gasteiger partial charge >= 0.3 is 0 Å². The first-order valence-electron chi connectivity index (χ1n) is 7.46. The molecule has 1 rings (SSSR count). The van der Waals surface area contributed by atoms with Crippen LogP contribution in [-0.2, 0) is 17.4 Å². The van der Waals surface area contributed by atoms with Crippen molar-refractivity contribution in [3.63, 3.8) is 0 Å². The summed E-state index contributed by atoms with van der Waals surface area (Å²) >= 11 is 0. The summed E-state index contributed by atoms with van der Waals surface area (Å²) in [5.74, 6) is 0.0735. The Bertz CT molecular complexity index is 712. The Labute approximate surface area is 142 Å². The molecule has 0 bridgehead atoms. The van der Waals surface area contributed by atoms with Gasteiger partial charge < -0.3 is 11.1 Å². The van der Waals surface area contributed by atoms with Crippen molar-refractivity contribution in [2.75, 3.05) is 0 Å². The second kappa shape index (κ2) is 7.52. The highest BCUT2D eigenvalue weighted by molar-refractivity contribution is 6.28. The number of hydrogen-bond donors (Lipinski definition) is 2. The molecule has 3 N–H and O–H groups in total. The average Bonchev–Trinajstić information content (AvgIpc) is 2.58. The van der Waals surface area contributed by atoms with Gasteiger partial charge in [0.15, 0.2) is 0 Å². The van der Waals surface area contributed by atoms with Gasteiger partial charge in [0, 0.05) is 0 Å². The third kappa shape index (κ3) is 4.76. The van der Waals surface area contributed by atoms with Crippen LogP contribution < -0.4 is 5.73 Å². The fraction of sp³-hybridized carbons (Fsp3) is 0.389. The minimum atomic E-state index is -0.664. The van der Waals surface area contributed by atoms with Crippen LogP contribution in [0, 0.1) is 28.1 Å². The van der Waals surface area contributed by atoms with Crippen molar-refractivity contribution in [2.45, 2.75) is 45.1 Å². The summed E-state index contributed by atoms with van der Waals surface area (Å²) in [6.07, 6.45) is 2.24. The van der Waals surface area contributed by atoms with E-state index in [2.05, 4.69) is 22.1 Å². The molecule has 6 nitrogen and oxygen atoms in total. The van der Waals surface area contributed by atoms with Crippen LogP contribution in [0.3, 0.4) is 0 Å². The van der Waals surface area contributed by atoms with E-state index in [1.165, 1.54) is 6.34 Å². The number of aliphatic imine (C=N–C) groups is 2. The highest BCUT2D eigenvalue weighted by Crippen LogP contribution is 2.30. The molecule has 0 unspecified atom stereocenters. The van der Waals surface area contributed by atoms with E-state index in [1.54, 1.807) is 0 Å². The summed E-state index contributed by atoms with van der Waals surface area (Å²) in [7, 11) is 0. The molecule has 0 aromatic heterocycles. The lowest BCUT2D eigenvalue weighted by molar-refractivity contribution is 0.658. The standard InChI is InChI=1S/C18H22N6/c1-17(2,10-20)14-5-13(9-23-12-24-16(22)8-19)6-15(7-14)18(3,4)11-21/h5-8,12,19H,9H2,1-4H3,(H2,22,23,24). The van der Waals surface area contributed by atoms with Crippen molar-refractivity contribution in [1.29, 1.82) is 15.9 Å². The van der Waals surface area contributed by atoms with Crippen molar-refractivity contribution in [2.24, 2.45) is 15.7 Å². The average molecular weight is 322 g/mol. The van der Waals surface area contributed by atoms with Crippen molar-refractivity contribution in [3.05, 3.63) is 34.9 Å². The molecule has 0 radical (unpaired) electrons. The summed E-state index contributed by atoms with van der Waals surface area (Å²) < 4.78 is 0. The fourth-order valence-electron chi connectivity index (χ4n) is 1.93. The van der Waals surface area contributed by atoms with Gasteiger partial charge in [-0.1, -0.05) is 18.2 Å². The monoisotopic (exact) mass is 322 g/mol. The number of nitrogens with zero attached hydrogens (tertiary/aromatic N) is 4. The number of nitrogens with two attached hydrogens (primary N) is 1. The van der Waals surface area contributed by atoms with Gasteiger partial charge in [0.1, 0.15) is 12.2 Å². The normalized spacial score (nSPS) is 12.7. The molecule has 0 atom stereocenters. The summed E-state index contributed by atoms with van der Waals surface area (Å²) in [5, 5.41) is 25.7. The van der Waals surface area contributed by atoms with Crippen molar-refractivity contribution in [3.8, 4) is 12.1 Å². The summed E-state index contributed by atoms with van der Waals surface area (Å²) in [6, 6.07) is 10.3. The van der Waals surface area contributed by atoms with Gasteiger partial charge in [0.25, 0.3) is 0 Å². The minimum absolute atomic E-state index is 0.0735. The molecule has 124 valence electrons. The van der Waals surface area contributed by atoms with E-state index in [0.717, 1.165) is 22.9 Å². The van der Waals surface area contributed by atoms with E-state index in [-0.39, 0.29) is 5.84 Å². The molecule has 0 spiro atoms. The Kier molecular flexibility index (Phi) is 5.97. The van der Waals surface area contributed by atoms with E-state index < -0.39 is 10.8 Å². The highest BCUT2D eigenvalue weighted by atomic mass is 14.9. The number of nitrogens with one attached hydrogen (secondary N) is 1. The maximum Gasteiger partial charge on any atom is 0.142 e. The molecule has 0 aliphatic carbocycles. The van der Waals surface area contributed by atoms with E-state index >= 15 is 0 Å². The Morgan fingerprint density at radius 2 is 1.62 bits per heavy atom. The van der Waals surface area contributed by atoms with Crippen LogP contribution in [0.5, 0.6) is 0 Å². The minimum Gasteiger partial charge on any atom is -0.382 e. The summed E-state index contributed by atoms with van der Waals surface area (Å²) in [4.78, 5) is 7.95. The first kappa shape index (κ1) is 19.1. The smallest absolute Gasteiger partial charge is 0.142 e. The number of nitriles is 2. The fourth-order valence-corrected chi connectivity index (χ4v) is 1.93. The van der Waals surface area contributed by atoms with E-state index in [4.69, 9.17) is 11.1 Å². The van der Waals surface area contributed by atoms with Gasteiger partial charge in [-0.25, -0.2) is 4.99 Å². The molecular weight excluding hydrogens is 300 g/mol. The molecule has 24 heavy (non-hydrogen) atoms. The summed E-state index contributed by atoms with van der Waals surface area (Å²) in [6.45, 7) is 7.71. The SMILES string of the molecule is CC(C)(C#N)c1cc(CN=CN=C(N)C=N)cc(C(C)(C)C#N)c1. The van der Waals surface area contributed by atoms with Gasteiger partial charge in [-0.15, -0.1) is 0 Å². The van der Waals surface area contributed by atoms with Crippen LogP contribution in [0.2, 0.25) is 0 Å². The van der Waals surface area contributed by atoms with Gasteiger partial charge in [0.2, 0.25) is 0 Å². The number of benzene rings is 1. The molecule has 0 heterocycles. The van der Waals surface area contributed by atoms with Gasteiger partial charge in [-0.2, -0.15) is 10.5 Å². The van der Waals surface area contributed by atoms with Gasteiger partial charge in [-0.05, 0) is 44.4 Å². The van der Waals surface area contributed by atoms with E-state index in [0.29, 0.717) is 6.54 Å². The second-order valence-electron chi connectivity index (χ2n) is 6.55. The molecule has 6 heteroatoms. The molecular formula is C18H22N6. The molecule has 0 fully saturated rings. The topological polar surface area (TPSA) is 122 Å². The van der Waals surface area contributed by atoms with Crippen molar-refractivity contribution < 1.29 is 0 Å². The third-order valence-electron chi connectivity index (χ3n) is 3.71. The first-order valence-corrected chi connectivity index (χ1v) is 7.46. The zero-order valence-electron chi connectivity index (χ0n) is 14.5.